The topological polar surface area (TPSA) is 75.7 Å². The molecule has 1 aromatic carbocycles. The minimum atomic E-state index is -0.610. The van der Waals surface area contributed by atoms with Crippen LogP contribution >= 0.6 is 0 Å². The van der Waals surface area contributed by atoms with Gasteiger partial charge in [0, 0.05) is 0 Å². The normalized spacial score (nSPS) is 16.6. The van der Waals surface area contributed by atoms with Crippen LogP contribution < -0.4 is 5.32 Å². The summed E-state index contributed by atoms with van der Waals surface area (Å²) < 4.78 is 5.24. The highest BCUT2D eigenvalue weighted by Crippen LogP contribution is 2.26. The third-order valence-electron chi connectivity index (χ3n) is 3.90. The molecule has 130 valence electrons. The lowest BCUT2D eigenvalue weighted by Gasteiger charge is -2.31. The number of alkyl carbamates (subject to hydrolysis) is 1. The lowest BCUT2D eigenvalue weighted by Crippen LogP contribution is -2.52. The summed E-state index contributed by atoms with van der Waals surface area (Å²) in [6.45, 7) is 8.97. The zero-order valence-electron chi connectivity index (χ0n) is 14.8. The third kappa shape index (κ3) is 3.58. The zero-order chi connectivity index (χ0) is 18.1. The predicted molar refractivity (Wildman–Crippen MR) is 89.9 cm³/mol. The van der Waals surface area contributed by atoms with Crippen molar-refractivity contribution in [3.63, 3.8) is 0 Å². The summed E-state index contributed by atoms with van der Waals surface area (Å²) in [5, 5.41) is 2.72. The maximum Gasteiger partial charge on any atom is 0.407 e. The second kappa shape index (κ2) is 6.63. The minimum Gasteiger partial charge on any atom is -0.444 e. The predicted octanol–water partition coefficient (Wildman–Crippen LogP) is 2.97. The van der Waals surface area contributed by atoms with Crippen molar-refractivity contribution in [1.82, 2.24) is 10.2 Å². The van der Waals surface area contributed by atoms with E-state index in [0.717, 1.165) is 0 Å². The largest absolute Gasteiger partial charge is 0.444 e. The summed E-state index contributed by atoms with van der Waals surface area (Å²) in [6, 6.07) is 5.90. The molecular formula is C18H24N2O4. The Morgan fingerprint density at radius 3 is 2.08 bits per heavy atom. The molecule has 24 heavy (non-hydrogen) atoms. The van der Waals surface area contributed by atoms with Crippen LogP contribution in [0.2, 0.25) is 0 Å². The molecule has 3 amide bonds. The molecule has 1 aliphatic rings. The van der Waals surface area contributed by atoms with E-state index in [1.54, 1.807) is 52.0 Å². The lowest BCUT2D eigenvalue weighted by atomic mass is 10.1. The van der Waals surface area contributed by atoms with E-state index in [4.69, 9.17) is 4.74 Å². The van der Waals surface area contributed by atoms with E-state index in [0.29, 0.717) is 17.5 Å². The van der Waals surface area contributed by atoms with Gasteiger partial charge in [-0.15, -0.1) is 0 Å². The van der Waals surface area contributed by atoms with E-state index in [2.05, 4.69) is 5.32 Å². The number of imide groups is 1. The number of ether oxygens (including phenoxy) is 1. The number of hydrogen-bond donors (Lipinski definition) is 1. The van der Waals surface area contributed by atoms with Crippen LogP contribution in [-0.4, -0.2) is 40.5 Å². The molecule has 0 radical (unpaired) electrons. The highest BCUT2D eigenvalue weighted by molar-refractivity contribution is 6.21. The molecule has 1 heterocycles. The fraction of sp³-hybridized carbons (Fsp3) is 0.500. The summed E-state index contributed by atoms with van der Waals surface area (Å²) in [5.41, 5.74) is 0.206. The van der Waals surface area contributed by atoms with E-state index in [-0.39, 0.29) is 11.8 Å². The molecule has 6 nitrogen and oxygen atoms in total. The molecule has 0 spiro atoms. The summed E-state index contributed by atoms with van der Waals surface area (Å²) in [7, 11) is 0. The van der Waals surface area contributed by atoms with Gasteiger partial charge in [0.25, 0.3) is 11.8 Å². The quantitative estimate of drug-likeness (QED) is 0.860. The van der Waals surface area contributed by atoms with Crippen LogP contribution in [0.15, 0.2) is 24.3 Å². The number of carbonyl (C=O) groups is 3. The third-order valence-corrected chi connectivity index (χ3v) is 3.90. The van der Waals surface area contributed by atoms with E-state index < -0.39 is 23.8 Å². The first kappa shape index (κ1) is 18.0. The number of nitrogens with zero attached hydrogens (tertiary/aromatic N) is 1. The van der Waals surface area contributed by atoms with Crippen molar-refractivity contribution in [3.05, 3.63) is 35.4 Å². The van der Waals surface area contributed by atoms with Crippen molar-refractivity contribution < 1.29 is 19.1 Å². The van der Waals surface area contributed by atoms with Crippen LogP contribution in [0.25, 0.3) is 0 Å². The van der Waals surface area contributed by atoms with E-state index in [1.807, 2.05) is 6.92 Å². The summed E-state index contributed by atoms with van der Waals surface area (Å²) in [5.74, 6) is -0.638. The molecule has 0 saturated heterocycles. The molecule has 0 aromatic heterocycles. The van der Waals surface area contributed by atoms with Gasteiger partial charge in [-0.25, -0.2) is 4.79 Å². The number of nitrogens with one attached hydrogen (secondary N) is 1. The van der Waals surface area contributed by atoms with Crippen molar-refractivity contribution in [2.24, 2.45) is 0 Å². The van der Waals surface area contributed by atoms with Gasteiger partial charge in [-0.05, 0) is 46.2 Å². The Balaban J connectivity index is 2.16. The Kier molecular flexibility index (Phi) is 4.96. The van der Waals surface area contributed by atoms with Gasteiger partial charge in [-0.1, -0.05) is 19.1 Å². The second-order valence-corrected chi connectivity index (χ2v) is 6.94. The number of amides is 3. The monoisotopic (exact) mass is 332 g/mol. The molecule has 1 aliphatic heterocycles. The van der Waals surface area contributed by atoms with Gasteiger partial charge < -0.3 is 10.1 Å². The molecule has 0 unspecified atom stereocenters. The second-order valence-electron chi connectivity index (χ2n) is 6.94. The molecule has 0 aliphatic carbocycles. The summed E-state index contributed by atoms with van der Waals surface area (Å²) >= 11 is 0. The number of hydrogen-bond acceptors (Lipinski definition) is 4. The molecule has 6 heteroatoms. The van der Waals surface area contributed by atoms with Crippen molar-refractivity contribution in [3.8, 4) is 0 Å². The van der Waals surface area contributed by atoms with Crippen molar-refractivity contribution in [2.45, 2.75) is 58.7 Å². The first-order chi connectivity index (χ1) is 11.2. The molecule has 0 saturated carbocycles. The Labute approximate surface area is 142 Å². The molecule has 1 aromatic rings. The standard InChI is InChI=1S/C18H24N2O4/c1-6-14(11(2)19-17(23)24-18(3,4)5)20-15(21)12-9-7-8-10-13(12)16(20)22/h7-11,14H,6H2,1-5H3,(H,19,23)/t11-,14+/m0/s1. The number of fused-ring (bicyclic) bond motifs is 1. The average Bonchev–Trinajstić information content (AvgIpc) is 2.72. The fourth-order valence-electron chi connectivity index (χ4n) is 2.86. The zero-order valence-corrected chi connectivity index (χ0v) is 14.8. The maximum atomic E-state index is 12.6. The van der Waals surface area contributed by atoms with E-state index >= 15 is 0 Å². The van der Waals surface area contributed by atoms with E-state index in [9.17, 15) is 14.4 Å². The van der Waals surface area contributed by atoms with Crippen LogP contribution in [0.1, 0.15) is 61.8 Å². The van der Waals surface area contributed by atoms with Gasteiger partial charge in [0.15, 0.2) is 0 Å². The number of carbonyl (C=O) groups excluding carboxylic acids is 3. The Morgan fingerprint density at radius 1 is 1.17 bits per heavy atom. The molecule has 0 bridgehead atoms. The Hall–Kier alpha value is -2.37. The van der Waals surface area contributed by atoms with Crippen LogP contribution in [0.4, 0.5) is 4.79 Å². The minimum absolute atomic E-state index is 0.319. The number of benzene rings is 1. The van der Waals surface area contributed by atoms with Crippen molar-refractivity contribution >= 4 is 17.9 Å². The fourth-order valence-corrected chi connectivity index (χ4v) is 2.86. The van der Waals surface area contributed by atoms with Crippen LogP contribution in [0, 0.1) is 0 Å². The van der Waals surface area contributed by atoms with Crippen LogP contribution in [0.3, 0.4) is 0 Å². The Morgan fingerprint density at radius 2 is 1.67 bits per heavy atom. The van der Waals surface area contributed by atoms with E-state index in [1.165, 1.54) is 4.90 Å². The van der Waals surface area contributed by atoms with Crippen molar-refractivity contribution in [2.75, 3.05) is 0 Å². The Bertz CT molecular complexity index is 628. The van der Waals surface area contributed by atoms with Gasteiger partial charge in [0.05, 0.1) is 23.2 Å². The first-order valence-corrected chi connectivity index (χ1v) is 8.12. The summed E-state index contributed by atoms with van der Waals surface area (Å²) in [4.78, 5) is 38.4. The van der Waals surface area contributed by atoms with Gasteiger partial charge >= 0.3 is 6.09 Å². The molecule has 0 fully saturated rings. The number of rotatable bonds is 4. The molecular weight excluding hydrogens is 308 g/mol. The molecule has 2 atom stereocenters. The van der Waals surface area contributed by atoms with Gasteiger partial charge in [-0.3, -0.25) is 14.5 Å². The maximum absolute atomic E-state index is 12.6. The highest BCUT2D eigenvalue weighted by atomic mass is 16.6. The van der Waals surface area contributed by atoms with Gasteiger partial charge in [-0.2, -0.15) is 0 Å². The van der Waals surface area contributed by atoms with Crippen LogP contribution in [0.5, 0.6) is 0 Å². The van der Waals surface area contributed by atoms with Gasteiger partial charge in [0.2, 0.25) is 0 Å². The summed E-state index contributed by atoms with van der Waals surface area (Å²) in [6.07, 6.45) is -0.0346. The van der Waals surface area contributed by atoms with Crippen molar-refractivity contribution in [1.29, 1.82) is 0 Å². The van der Waals surface area contributed by atoms with Crippen LogP contribution in [-0.2, 0) is 4.74 Å². The van der Waals surface area contributed by atoms with Gasteiger partial charge in [0.1, 0.15) is 5.60 Å². The SMILES string of the molecule is CC[C@H]([C@H](C)NC(=O)OC(C)(C)C)N1C(=O)c2ccccc2C1=O. The molecule has 1 N–H and O–H groups in total. The first-order valence-electron chi connectivity index (χ1n) is 8.12. The smallest absolute Gasteiger partial charge is 0.407 e. The highest BCUT2D eigenvalue weighted by Gasteiger charge is 2.41. The average molecular weight is 332 g/mol. The molecule has 2 rings (SSSR count). The lowest BCUT2D eigenvalue weighted by molar-refractivity contribution is 0.0417.